The molecule has 0 radical (unpaired) electrons. The van der Waals surface area contributed by atoms with E-state index in [2.05, 4.69) is 19.1 Å². The minimum atomic E-state index is 0.0830. The Bertz CT molecular complexity index is 740. The highest BCUT2D eigenvalue weighted by molar-refractivity contribution is 6.05. The summed E-state index contributed by atoms with van der Waals surface area (Å²) < 4.78 is 5.48. The van der Waals surface area contributed by atoms with Gasteiger partial charge in [-0.3, -0.25) is 4.79 Å². The lowest BCUT2D eigenvalue weighted by atomic mass is 9.95. The Hall–Kier alpha value is -2.35. The summed E-state index contributed by atoms with van der Waals surface area (Å²) in [6.45, 7) is 2.11. The number of carbonyl (C=O) groups is 1. The number of fused-ring (bicyclic) bond motifs is 1. The van der Waals surface area contributed by atoms with Crippen LogP contribution in [0, 0.1) is 5.92 Å². The standard InChI is InChI=1S/C19H18O2/c1-14(11-15-7-3-2-4-8-15)12-18(20)19-17-10-6-5-9-16(17)13-21-19/h2-10,13-14H,11-12H2,1H3. The number of ketones is 1. The van der Waals surface area contributed by atoms with Gasteiger partial charge < -0.3 is 4.42 Å². The summed E-state index contributed by atoms with van der Waals surface area (Å²) in [6.07, 6.45) is 3.07. The third-order valence-electron chi connectivity index (χ3n) is 3.72. The molecule has 1 aromatic heterocycles. The summed E-state index contributed by atoms with van der Waals surface area (Å²) in [6, 6.07) is 18.1. The predicted octanol–water partition coefficient (Wildman–Crippen LogP) is 4.88. The maximum Gasteiger partial charge on any atom is 0.198 e. The van der Waals surface area contributed by atoms with Gasteiger partial charge in [-0.05, 0) is 17.9 Å². The first-order valence-corrected chi connectivity index (χ1v) is 7.27. The molecule has 0 N–H and O–H groups in total. The van der Waals surface area contributed by atoms with E-state index < -0.39 is 0 Å². The molecule has 3 rings (SSSR count). The van der Waals surface area contributed by atoms with Crippen LogP contribution in [0.4, 0.5) is 0 Å². The van der Waals surface area contributed by atoms with Crippen molar-refractivity contribution in [2.75, 3.05) is 0 Å². The first-order valence-electron chi connectivity index (χ1n) is 7.27. The van der Waals surface area contributed by atoms with E-state index in [-0.39, 0.29) is 5.78 Å². The second-order valence-electron chi connectivity index (χ2n) is 5.57. The lowest BCUT2D eigenvalue weighted by Crippen LogP contribution is -2.08. The second-order valence-corrected chi connectivity index (χ2v) is 5.57. The van der Waals surface area contributed by atoms with Crippen LogP contribution in [0.25, 0.3) is 10.8 Å². The number of hydrogen-bond acceptors (Lipinski definition) is 2. The number of rotatable bonds is 5. The molecule has 0 aliphatic heterocycles. The third kappa shape index (κ3) is 3.05. The summed E-state index contributed by atoms with van der Waals surface area (Å²) in [5, 5.41) is 1.89. The number of Topliss-reactive ketones (excluding diaryl/α,β-unsaturated/α-hetero) is 1. The summed E-state index contributed by atoms with van der Waals surface area (Å²) in [7, 11) is 0. The second kappa shape index (κ2) is 5.96. The molecule has 2 nitrogen and oxygen atoms in total. The molecule has 0 amide bonds. The maximum atomic E-state index is 12.4. The van der Waals surface area contributed by atoms with Gasteiger partial charge in [-0.15, -0.1) is 0 Å². The maximum absolute atomic E-state index is 12.4. The largest absolute Gasteiger partial charge is 0.460 e. The fourth-order valence-electron chi connectivity index (χ4n) is 2.71. The van der Waals surface area contributed by atoms with Crippen LogP contribution < -0.4 is 0 Å². The molecule has 0 saturated heterocycles. The molecule has 0 spiro atoms. The molecule has 2 heteroatoms. The topological polar surface area (TPSA) is 30.2 Å². The molecule has 0 aliphatic rings. The fraction of sp³-hybridized carbons (Fsp3) is 0.211. The summed E-state index contributed by atoms with van der Waals surface area (Å²) in [5.41, 5.74) is 1.27. The van der Waals surface area contributed by atoms with Crippen LogP contribution in [-0.4, -0.2) is 5.78 Å². The molecule has 1 heterocycles. The molecule has 1 unspecified atom stereocenters. The van der Waals surface area contributed by atoms with Crippen molar-refractivity contribution >= 4 is 16.6 Å². The average Bonchev–Trinajstić information content (AvgIpc) is 2.92. The van der Waals surface area contributed by atoms with Gasteiger partial charge in [0.2, 0.25) is 0 Å². The summed E-state index contributed by atoms with van der Waals surface area (Å²) >= 11 is 0. The van der Waals surface area contributed by atoms with Gasteiger partial charge >= 0.3 is 0 Å². The molecular weight excluding hydrogens is 260 g/mol. The quantitative estimate of drug-likeness (QED) is 0.622. The van der Waals surface area contributed by atoms with E-state index >= 15 is 0 Å². The van der Waals surface area contributed by atoms with Crippen LogP contribution in [-0.2, 0) is 6.42 Å². The molecule has 21 heavy (non-hydrogen) atoms. The van der Waals surface area contributed by atoms with Gasteiger partial charge in [-0.2, -0.15) is 0 Å². The van der Waals surface area contributed by atoms with Crippen LogP contribution in [0.1, 0.15) is 29.5 Å². The van der Waals surface area contributed by atoms with Crippen molar-refractivity contribution in [1.29, 1.82) is 0 Å². The lowest BCUT2D eigenvalue weighted by molar-refractivity contribution is 0.0939. The van der Waals surface area contributed by atoms with E-state index in [1.165, 1.54) is 5.56 Å². The Morgan fingerprint density at radius 3 is 2.57 bits per heavy atom. The zero-order chi connectivity index (χ0) is 14.7. The van der Waals surface area contributed by atoms with E-state index in [0.29, 0.717) is 18.1 Å². The van der Waals surface area contributed by atoms with Gasteiger partial charge in [0.25, 0.3) is 0 Å². The van der Waals surface area contributed by atoms with Crippen molar-refractivity contribution in [1.82, 2.24) is 0 Å². The molecule has 0 bridgehead atoms. The minimum absolute atomic E-state index is 0.0830. The highest BCUT2D eigenvalue weighted by Crippen LogP contribution is 2.24. The van der Waals surface area contributed by atoms with E-state index in [0.717, 1.165) is 17.2 Å². The average molecular weight is 278 g/mol. The smallest absolute Gasteiger partial charge is 0.198 e. The number of hydrogen-bond donors (Lipinski definition) is 0. The van der Waals surface area contributed by atoms with Crippen molar-refractivity contribution in [3.63, 3.8) is 0 Å². The molecule has 3 aromatic rings. The highest BCUT2D eigenvalue weighted by Gasteiger charge is 2.17. The molecule has 0 fully saturated rings. The molecule has 0 aliphatic carbocycles. The van der Waals surface area contributed by atoms with Gasteiger partial charge in [0.05, 0.1) is 6.26 Å². The van der Waals surface area contributed by atoms with Crippen LogP contribution in [0.2, 0.25) is 0 Å². The zero-order valence-electron chi connectivity index (χ0n) is 12.1. The Kier molecular flexibility index (Phi) is 3.87. The van der Waals surface area contributed by atoms with E-state index in [1.54, 1.807) is 6.26 Å². The monoisotopic (exact) mass is 278 g/mol. The van der Waals surface area contributed by atoms with Crippen molar-refractivity contribution in [2.45, 2.75) is 19.8 Å². The molecular formula is C19H18O2. The van der Waals surface area contributed by atoms with Crippen LogP contribution in [0.5, 0.6) is 0 Å². The van der Waals surface area contributed by atoms with Crippen LogP contribution >= 0.6 is 0 Å². The molecule has 106 valence electrons. The van der Waals surface area contributed by atoms with Crippen molar-refractivity contribution in [3.05, 3.63) is 72.2 Å². The predicted molar refractivity (Wildman–Crippen MR) is 84.5 cm³/mol. The van der Waals surface area contributed by atoms with Gasteiger partial charge in [-0.1, -0.05) is 61.5 Å². The van der Waals surface area contributed by atoms with Crippen LogP contribution in [0.3, 0.4) is 0 Å². The third-order valence-corrected chi connectivity index (χ3v) is 3.72. The SMILES string of the molecule is CC(CC(=O)c1occ2ccccc12)Cc1ccccc1. The van der Waals surface area contributed by atoms with Gasteiger partial charge in [0.15, 0.2) is 11.5 Å². The van der Waals surface area contributed by atoms with Gasteiger partial charge in [0.1, 0.15) is 0 Å². The lowest BCUT2D eigenvalue weighted by Gasteiger charge is -2.09. The Labute approximate surface area is 124 Å². The summed E-state index contributed by atoms with van der Waals surface area (Å²) in [4.78, 5) is 12.4. The van der Waals surface area contributed by atoms with Crippen LogP contribution in [0.15, 0.2) is 65.3 Å². The molecule has 0 saturated carbocycles. The van der Waals surface area contributed by atoms with E-state index in [9.17, 15) is 4.79 Å². The molecule has 2 aromatic carbocycles. The number of carbonyl (C=O) groups excluding carboxylic acids is 1. The van der Waals surface area contributed by atoms with Gasteiger partial charge in [0, 0.05) is 17.2 Å². The first-order chi connectivity index (χ1) is 10.2. The summed E-state index contributed by atoms with van der Waals surface area (Å²) in [5.74, 6) is 0.869. The minimum Gasteiger partial charge on any atom is -0.460 e. The Morgan fingerprint density at radius 2 is 1.76 bits per heavy atom. The molecule has 1 atom stereocenters. The van der Waals surface area contributed by atoms with Gasteiger partial charge in [-0.25, -0.2) is 0 Å². The van der Waals surface area contributed by atoms with Crippen molar-refractivity contribution in [2.24, 2.45) is 5.92 Å². The van der Waals surface area contributed by atoms with Crippen molar-refractivity contribution in [3.8, 4) is 0 Å². The Morgan fingerprint density at radius 1 is 1.05 bits per heavy atom. The number of furan rings is 1. The van der Waals surface area contributed by atoms with E-state index in [1.807, 2.05) is 42.5 Å². The van der Waals surface area contributed by atoms with E-state index in [4.69, 9.17) is 4.42 Å². The van der Waals surface area contributed by atoms with Crippen molar-refractivity contribution < 1.29 is 9.21 Å². The normalized spacial score (nSPS) is 12.4. The number of benzene rings is 2. The highest BCUT2D eigenvalue weighted by atomic mass is 16.3. The first kappa shape index (κ1) is 13.6. The fourth-order valence-corrected chi connectivity index (χ4v) is 2.71. The Balaban J connectivity index is 1.71. The zero-order valence-corrected chi connectivity index (χ0v) is 12.1.